The monoisotopic (exact) mass is 271 g/mol. The number of ether oxygens (including phenoxy) is 2. The summed E-state index contributed by atoms with van der Waals surface area (Å²) in [6, 6.07) is 11.2. The third-order valence-corrected chi connectivity index (χ3v) is 3.14. The first-order chi connectivity index (χ1) is 9.71. The van der Waals surface area contributed by atoms with E-state index in [1.54, 1.807) is 20.3 Å². The van der Waals surface area contributed by atoms with Gasteiger partial charge < -0.3 is 13.9 Å². The van der Waals surface area contributed by atoms with Crippen LogP contribution < -0.4 is 15.2 Å². The van der Waals surface area contributed by atoms with Gasteiger partial charge in [-0.15, -0.1) is 0 Å². The Morgan fingerprint density at radius 3 is 2.40 bits per heavy atom. The minimum absolute atomic E-state index is 0.454. The van der Waals surface area contributed by atoms with Crippen LogP contribution in [0, 0.1) is 0 Å². The van der Waals surface area contributed by atoms with Crippen LogP contribution in [0.25, 0.3) is 22.2 Å². The highest BCUT2D eigenvalue weighted by atomic mass is 16.5. The van der Waals surface area contributed by atoms with E-state index in [9.17, 15) is 4.79 Å². The van der Waals surface area contributed by atoms with Crippen molar-refractivity contribution in [3.8, 4) is 22.6 Å². The molecule has 0 saturated heterocycles. The fourth-order valence-corrected chi connectivity index (χ4v) is 2.15. The van der Waals surface area contributed by atoms with Gasteiger partial charge in [0.05, 0.1) is 19.7 Å². The van der Waals surface area contributed by atoms with E-state index in [2.05, 4.69) is 4.98 Å². The molecule has 0 aliphatic heterocycles. The Morgan fingerprint density at radius 2 is 1.65 bits per heavy atom. The zero-order chi connectivity index (χ0) is 14.1. The first kappa shape index (κ1) is 12.3. The van der Waals surface area contributed by atoms with Crippen molar-refractivity contribution < 1.29 is 13.9 Å². The Hall–Kier alpha value is -2.69. The van der Waals surface area contributed by atoms with Crippen molar-refractivity contribution in [2.24, 2.45) is 0 Å². The van der Waals surface area contributed by atoms with Gasteiger partial charge in [0.1, 0.15) is 0 Å². The van der Waals surface area contributed by atoms with E-state index < -0.39 is 5.76 Å². The lowest BCUT2D eigenvalue weighted by Crippen LogP contribution is -1.93. The summed E-state index contributed by atoms with van der Waals surface area (Å²) >= 11 is 0. The number of rotatable bonds is 3. The molecule has 0 radical (unpaired) electrons. The molecule has 102 valence electrons. The van der Waals surface area contributed by atoms with Crippen LogP contribution in [0.15, 0.2) is 45.6 Å². The minimum Gasteiger partial charge on any atom is -0.493 e. The summed E-state index contributed by atoms with van der Waals surface area (Å²) in [6.45, 7) is 0. The van der Waals surface area contributed by atoms with Gasteiger partial charge in [0.2, 0.25) is 0 Å². The highest BCUT2D eigenvalue weighted by molar-refractivity contribution is 5.80. The zero-order valence-electron chi connectivity index (χ0n) is 11.1. The number of methoxy groups -OCH3 is 2. The molecule has 0 spiro atoms. The number of fused-ring (bicyclic) bond motifs is 1. The lowest BCUT2D eigenvalue weighted by Gasteiger charge is -2.09. The molecule has 2 aromatic carbocycles. The van der Waals surface area contributed by atoms with Gasteiger partial charge in [-0.3, -0.25) is 4.98 Å². The van der Waals surface area contributed by atoms with Crippen molar-refractivity contribution in [1.82, 2.24) is 4.98 Å². The Bertz CT molecular complexity index is 816. The number of nitrogens with one attached hydrogen (secondary N) is 1. The minimum atomic E-state index is -0.454. The average molecular weight is 271 g/mol. The number of hydrogen-bond acceptors (Lipinski definition) is 4. The van der Waals surface area contributed by atoms with Crippen molar-refractivity contribution in [2.75, 3.05) is 14.2 Å². The smallest absolute Gasteiger partial charge is 0.417 e. The van der Waals surface area contributed by atoms with E-state index >= 15 is 0 Å². The summed E-state index contributed by atoms with van der Waals surface area (Å²) in [4.78, 5) is 13.8. The maximum absolute atomic E-state index is 11.2. The molecule has 1 aromatic heterocycles. The largest absolute Gasteiger partial charge is 0.493 e. The first-order valence-corrected chi connectivity index (χ1v) is 6.06. The van der Waals surface area contributed by atoms with Crippen LogP contribution in [-0.4, -0.2) is 19.2 Å². The summed E-state index contributed by atoms with van der Waals surface area (Å²) in [5.74, 6) is 0.879. The number of hydrogen-bond donors (Lipinski definition) is 1. The molecule has 5 heteroatoms. The average Bonchev–Trinajstić information content (AvgIpc) is 2.85. The Balaban J connectivity index is 2.12. The fraction of sp³-hybridized carbons (Fsp3) is 0.133. The molecular weight excluding hydrogens is 258 g/mol. The van der Waals surface area contributed by atoms with Crippen LogP contribution in [0.5, 0.6) is 11.5 Å². The van der Waals surface area contributed by atoms with E-state index in [0.717, 1.165) is 11.1 Å². The summed E-state index contributed by atoms with van der Waals surface area (Å²) in [5.41, 5.74) is 3.13. The van der Waals surface area contributed by atoms with Crippen molar-refractivity contribution in [2.45, 2.75) is 0 Å². The predicted molar refractivity (Wildman–Crippen MR) is 75.4 cm³/mol. The SMILES string of the molecule is COc1ccc(-c2ccc3oc(=O)[nH]c3c2)cc1OC. The van der Waals surface area contributed by atoms with Crippen LogP contribution in [0.1, 0.15) is 0 Å². The number of aromatic amines is 1. The van der Waals surface area contributed by atoms with E-state index in [0.29, 0.717) is 22.6 Å². The first-order valence-electron chi connectivity index (χ1n) is 6.06. The highest BCUT2D eigenvalue weighted by Gasteiger charge is 2.08. The molecule has 20 heavy (non-hydrogen) atoms. The molecular formula is C15H13NO4. The molecule has 0 unspecified atom stereocenters. The van der Waals surface area contributed by atoms with Crippen molar-refractivity contribution in [1.29, 1.82) is 0 Å². The summed E-state index contributed by atoms with van der Waals surface area (Å²) in [6.07, 6.45) is 0. The fourth-order valence-electron chi connectivity index (χ4n) is 2.15. The number of H-pyrrole nitrogens is 1. The van der Waals surface area contributed by atoms with E-state index in [1.165, 1.54) is 0 Å². The third kappa shape index (κ3) is 2.03. The topological polar surface area (TPSA) is 64.5 Å². The molecule has 0 aliphatic carbocycles. The molecule has 0 bridgehead atoms. The molecule has 3 rings (SSSR count). The van der Waals surface area contributed by atoms with Gasteiger partial charge in [-0.2, -0.15) is 0 Å². The van der Waals surface area contributed by atoms with E-state index in [4.69, 9.17) is 13.9 Å². The Morgan fingerprint density at radius 1 is 0.950 bits per heavy atom. The molecule has 0 saturated carbocycles. The second-order valence-corrected chi connectivity index (χ2v) is 4.30. The predicted octanol–water partition coefficient (Wildman–Crippen LogP) is 2.81. The van der Waals surface area contributed by atoms with E-state index in [1.807, 2.05) is 30.3 Å². The molecule has 0 aliphatic rings. The second-order valence-electron chi connectivity index (χ2n) is 4.30. The summed E-state index contributed by atoms with van der Waals surface area (Å²) in [7, 11) is 3.19. The van der Waals surface area contributed by atoms with Crippen LogP contribution in [-0.2, 0) is 0 Å². The normalized spacial score (nSPS) is 10.7. The van der Waals surface area contributed by atoms with Gasteiger partial charge in [-0.1, -0.05) is 12.1 Å². The van der Waals surface area contributed by atoms with Crippen LogP contribution in [0.4, 0.5) is 0 Å². The van der Waals surface area contributed by atoms with Gasteiger partial charge in [0, 0.05) is 0 Å². The van der Waals surface area contributed by atoms with Gasteiger partial charge in [-0.05, 0) is 35.4 Å². The lowest BCUT2D eigenvalue weighted by molar-refractivity contribution is 0.355. The number of oxazole rings is 1. The van der Waals surface area contributed by atoms with Crippen molar-refractivity contribution in [3.63, 3.8) is 0 Å². The standard InChI is InChI=1S/C15H13NO4/c1-18-13-6-4-10(8-14(13)19-2)9-3-5-12-11(7-9)16-15(17)20-12/h3-8H,1-2H3,(H,16,17). The Kier molecular flexibility index (Phi) is 2.95. The van der Waals surface area contributed by atoms with Crippen LogP contribution in [0.2, 0.25) is 0 Å². The second kappa shape index (κ2) is 4.77. The number of benzene rings is 2. The van der Waals surface area contributed by atoms with Gasteiger partial charge in [0.15, 0.2) is 17.1 Å². The molecule has 0 amide bonds. The quantitative estimate of drug-likeness (QED) is 0.795. The Labute approximate surface area is 114 Å². The maximum atomic E-state index is 11.2. The molecule has 1 heterocycles. The molecule has 0 atom stereocenters. The molecule has 1 N–H and O–H groups in total. The molecule has 3 aromatic rings. The summed E-state index contributed by atoms with van der Waals surface area (Å²) < 4.78 is 15.5. The van der Waals surface area contributed by atoms with Gasteiger partial charge in [0.25, 0.3) is 0 Å². The number of aromatic nitrogens is 1. The van der Waals surface area contributed by atoms with Crippen molar-refractivity contribution in [3.05, 3.63) is 46.9 Å². The van der Waals surface area contributed by atoms with Gasteiger partial charge >= 0.3 is 5.76 Å². The lowest BCUT2D eigenvalue weighted by atomic mass is 10.0. The third-order valence-electron chi connectivity index (χ3n) is 3.14. The highest BCUT2D eigenvalue weighted by Crippen LogP contribution is 2.32. The van der Waals surface area contributed by atoms with E-state index in [-0.39, 0.29) is 0 Å². The van der Waals surface area contributed by atoms with Crippen molar-refractivity contribution >= 4 is 11.1 Å². The van der Waals surface area contributed by atoms with Crippen LogP contribution >= 0.6 is 0 Å². The summed E-state index contributed by atoms with van der Waals surface area (Å²) in [5, 5.41) is 0. The molecule has 0 fully saturated rings. The zero-order valence-corrected chi connectivity index (χ0v) is 11.1. The van der Waals surface area contributed by atoms with Gasteiger partial charge in [-0.25, -0.2) is 4.79 Å². The maximum Gasteiger partial charge on any atom is 0.417 e. The van der Waals surface area contributed by atoms with Crippen LogP contribution in [0.3, 0.4) is 0 Å². The molecule has 5 nitrogen and oxygen atoms in total.